The van der Waals surface area contributed by atoms with E-state index in [1.54, 1.807) is 24.3 Å². The summed E-state index contributed by atoms with van der Waals surface area (Å²) in [5.74, 6) is 0.253. The Kier molecular flexibility index (Phi) is 6.28. The fourth-order valence-electron chi connectivity index (χ4n) is 3.44. The van der Waals surface area contributed by atoms with Crippen LogP contribution in [0.25, 0.3) is 0 Å². The molecule has 2 aromatic carbocycles. The van der Waals surface area contributed by atoms with Gasteiger partial charge in [0.15, 0.2) is 0 Å². The predicted molar refractivity (Wildman–Crippen MR) is 109 cm³/mol. The Labute approximate surface area is 161 Å². The monoisotopic (exact) mass is 364 g/mol. The van der Waals surface area contributed by atoms with E-state index in [0.717, 1.165) is 12.8 Å². The molecule has 0 atom stereocenters. The summed E-state index contributed by atoms with van der Waals surface area (Å²) in [4.78, 5) is 24.7. The number of nitrogens with one attached hydrogen (secondary N) is 2. The van der Waals surface area contributed by atoms with Gasteiger partial charge in [0.1, 0.15) is 0 Å². The summed E-state index contributed by atoms with van der Waals surface area (Å²) in [5, 5.41) is 5.99. The molecule has 1 aliphatic rings. The summed E-state index contributed by atoms with van der Waals surface area (Å²) in [7, 11) is 0. The van der Waals surface area contributed by atoms with Crippen molar-refractivity contribution in [1.82, 2.24) is 5.32 Å². The van der Waals surface area contributed by atoms with Crippen molar-refractivity contribution >= 4 is 17.5 Å². The molecule has 0 spiro atoms. The molecule has 0 radical (unpaired) electrons. The fourth-order valence-corrected chi connectivity index (χ4v) is 3.44. The van der Waals surface area contributed by atoms with Crippen molar-refractivity contribution < 1.29 is 9.59 Å². The van der Waals surface area contributed by atoms with Gasteiger partial charge >= 0.3 is 0 Å². The molecular weight excluding hydrogens is 336 g/mol. The van der Waals surface area contributed by atoms with Crippen LogP contribution in [0, 0.1) is 0 Å². The first-order valence-electron chi connectivity index (χ1n) is 9.85. The minimum Gasteiger partial charge on any atom is -0.349 e. The minimum absolute atomic E-state index is 0.0379. The molecule has 4 heteroatoms. The lowest BCUT2D eigenvalue weighted by Crippen LogP contribution is -2.36. The molecule has 27 heavy (non-hydrogen) atoms. The highest BCUT2D eigenvalue weighted by molar-refractivity contribution is 6.04. The van der Waals surface area contributed by atoms with E-state index in [1.165, 1.54) is 24.8 Å². The Balaban J connectivity index is 1.58. The van der Waals surface area contributed by atoms with E-state index in [4.69, 9.17) is 0 Å². The van der Waals surface area contributed by atoms with E-state index in [2.05, 4.69) is 24.5 Å². The molecule has 1 saturated carbocycles. The van der Waals surface area contributed by atoms with Crippen LogP contribution in [0.1, 0.15) is 78.1 Å². The summed E-state index contributed by atoms with van der Waals surface area (Å²) in [6, 6.07) is 15.0. The van der Waals surface area contributed by atoms with E-state index in [0.29, 0.717) is 28.8 Å². The molecule has 3 rings (SSSR count). The second-order valence-corrected chi connectivity index (χ2v) is 7.62. The maximum absolute atomic E-state index is 12.4. The van der Waals surface area contributed by atoms with Crippen LogP contribution in [0.4, 0.5) is 5.69 Å². The first-order chi connectivity index (χ1) is 13.0. The zero-order chi connectivity index (χ0) is 19.2. The zero-order valence-electron chi connectivity index (χ0n) is 16.1. The molecule has 1 fully saturated rings. The molecule has 142 valence electrons. The SMILES string of the molecule is CC(C)c1ccc(C(=O)Nc2ccc(C(=O)NC3CCCCC3)cc2)cc1. The Morgan fingerprint density at radius 3 is 1.96 bits per heavy atom. The predicted octanol–water partition coefficient (Wildman–Crippen LogP) is 5.12. The van der Waals surface area contributed by atoms with Gasteiger partial charge in [-0.2, -0.15) is 0 Å². The lowest BCUT2D eigenvalue weighted by molar-refractivity contribution is 0.0927. The third-order valence-corrected chi connectivity index (χ3v) is 5.18. The number of anilines is 1. The molecule has 1 aliphatic carbocycles. The minimum atomic E-state index is -0.148. The smallest absolute Gasteiger partial charge is 0.255 e. The van der Waals surface area contributed by atoms with Crippen molar-refractivity contribution in [2.24, 2.45) is 0 Å². The number of carbonyl (C=O) groups is 2. The van der Waals surface area contributed by atoms with Gasteiger partial charge in [0.2, 0.25) is 0 Å². The second-order valence-electron chi connectivity index (χ2n) is 7.62. The molecule has 2 amide bonds. The van der Waals surface area contributed by atoms with Gasteiger partial charge in [-0.1, -0.05) is 45.2 Å². The maximum atomic E-state index is 12.4. The Morgan fingerprint density at radius 1 is 0.815 bits per heavy atom. The molecule has 2 N–H and O–H groups in total. The van der Waals surface area contributed by atoms with Gasteiger partial charge < -0.3 is 10.6 Å². The molecule has 0 heterocycles. The largest absolute Gasteiger partial charge is 0.349 e. The van der Waals surface area contributed by atoms with Gasteiger partial charge in [-0.3, -0.25) is 9.59 Å². The van der Waals surface area contributed by atoms with Crippen molar-refractivity contribution in [3.63, 3.8) is 0 Å². The highest BCUT2D eigenvalue weighted by Crippen LogP contribution is 2.19. The van der Waals surface area contributed by atoms with E-state index in [-0.39, 0.29) is 11.8 Å². The summed E-state index contributed by atoms with van der Waals surface area (Å²) < 4.78 is 0. The number of carbonyl (C=O) groups excluding carboxylic acids is 2. The average Bonchev–Trinajstić information content (AvgIpc) is 2.69. The maximum Gasteiger partial charge on any atom is 0.255 e. The lowest BCUT2D eigenvalue weighted by atomic mass is 9.95. The lowest BCUT2D eigenvalue weighted by Gasteiger charge is -2.22. The first-order valence-corrected chi connectivity index (χ1v) is 9.85. The third kappa shape index (κ3) is 5.19. The quantitative estimate of drug-likeness (QED) is 0.773. The zero-order valence-corrected chi connectivity index (χ0v) is 16.1. The van der Waals surface area contributed by atoms with Crippen molar-refractivity contribution in [3.05, 3.63) is 65.2 Å². The summed E-state index contributed by atoms with van der Waals surface area (Å²) in [6.07, 6.45) is 5.77. The van der Waals surface area contributed by atoms with Gasteiger partial charge in [-0.05, 0) is 60.7 Å². The highest BCUT2D eigenvalue weighted by atomic mass is 16.2. The summed E-state index contributed by atoms with van der Waals surface area (Å²) >= 11 is 0. The van der Waals surface area contributed by atoms with Crippen molar-refractivity contribution in [2.75, 3.05) is 5.32 Å². The molecule has 4 nitrogen and oxygen atoms in total. The van der Waals surface area contributed by atoms with Gasteiger partial charge in [0.25, 0.3) is 11.8 Å². The van der Waals surface area contributed by atoms with Gasteiger partial charge in [-0.15, -0.1) is 0 Å². The Bertz CT molecular complexity index is 773. The van der Waals surface area contributed by atoms with E-state index in [1.807, 2.05) is 24.3 Å². The van der Waals surface area contributed by atoms with Gasteiger partial charge in [0, 0.05) is 22.9 Å². The van der Waals surface area contributed by atoms with E-state index >= 15 is 0 Å². The molecule has 0 aromatic heterocycles. The fraction of sp³-hybridized carbons (Fsp3) is 0.391. The van der Waals surface area contributed by atoms with Crippen molar-refractivity contribution in [2.45, 2.75) is 57.9 Å². The van der Waals surface area contributed by atoms with Crippen LogP contribution < -0.4 is 10.6 Å². The van der Waals surface area contributed by atoms with Crippen LogP contribution >= 0.6 is 0 Å². The number of rotatable bonds is 5. The summed E-state index contributed by atoms with van der Waals surface area (Å²) in [5.41, 5.74) is 3.14. The summed E-state index contributed by atoms with van der Waals surface area (Å²) in [6.45, 7) is 4.25. The number of hydrogen-bond acceptors (Lipinski definition) is 2. The Hall–Kier alpha value is -2.62. The number of benzene rings is 2. The highest BCUT2D eigenvalue weighted by Gasteiger charge is 2.16. The number of hydrogen-bond donors (Lipinski definition) is 2. The van der Waals surface area contributed by atoms with Crippen molar-refractivity contribution in [1.29, 1.82) is 0 Å². The van der Waals surface area contributed by atoms with Crippen LogP contribution in [-0.2, 0) is 0 Å². The molecule has 2 aromatic rings. The molecule has 0 aliphatic heterocycles. The molecule has 0 bridgehead atoms. The average molecular weight is 364 g/mol. The number of amides is 2. The molecule has 0 saturated heterocycles. The molecular formula is C23H28N2O2. The van der Waals surface area contributed by atoms with Crippen LogP contribution in [0.2, 0.25) is 0 Å². The van der Waals surface area contributed by atoms with E-state index in [9.17, 15) is 9.59 Å². The first kappa shape index (κ1) is 19.2. The molecule has 0 unspecified atom stereocenters. The standard InChI is InChI=1S/C23H28N2O2/c1-16(2)17-8-10-18(11-9-17)22(26)25-21-14-12-19(13-15-21)23(27)24-20-6-4-3-5-7-20/h8-16,20H,3-7H2,1-2H3,(H,24,27)(H,25,26). The Morgan fingerprint density at radius 2 is 1.37 bits per heavy atom. The van der Waals surface area contributed by atoms with E-state index < -0.39 is 0 Å². The topological polar surface area (TPSA) is 58.2 Å². The second kappa shape index (κ2) is 8.85. The van der Waals surface area contributed by atoms with Crippen LogP contribution in [0.15, 0.2) is 48.5 Å². The van der Waals surface area contributed by atoms with Crippen molar-refractivity contribution in [3.8, 4) is 0 Å². The van der Waals surface area contributed by atoms with Crippen LogP contribution in [-0.4, -0.2) is 17.9 Å². The van der Waals surface area contributed by atoms with Gasteiger partial charge in [0.05, 0.1) is 0 Å². The normalized spacial score (nSPS) is 14.8. The third-order valence-electron chi connectivity index (χ3n) is 5.18. The van der Waals surface area contributed by atoms with Crippen LogP contribution in [0.3, 0.4) is 0 Å². The van der Waals surface area contributed by atoms with Gasteiger partial charge in [-0.25, -0.2) is 0 Å². The van der Waals surface area contributed by atoms with Crippen LogP contribution in [0.5, 0.6) is 0 Å².